The summed E-state index contributed by atoms with van der Waals surface area (Å²) < 4.78 is 14.4. The second kappa shape index (κ2) is 5.76. The average Bonchev–Trinajstić information content (AvgIpc) is 2.47. The summed E-state index contributed by atoms with van der Waals surface area (Å²) in [5.74, 6) is 0.200. The zero-order valence-electron chi connectivity index (χ0n) is 10.8. The van der Waals surface area contributed by atoms with Crippen LogP contribution in [0, 0.1) is 10.5 Å². The molecule has 21 heavy (non-hydrogen) atoms. The minimum absolute atomic E-state index is 0.354. The third-order valence-electron chi connectivity index (χ3n) is 3.01. The van der Waals surface area contributed by atoms with Gasteiger partial charge in [-0.15, -0.1) is 0 Å². The van der Waals surface area contributed by atoms with Gasteiger partial charge >= 0.3 is 0 Å². The summed E-state index contributed by atoms with van der Waals surface area (Å²) in [4.78, 5) is 7.40. The molecule has 104 valence electrons. The monoisotopic (exact) mass is 316 g/mol. The van der Waals surface area contributed by atoms with Gasteiger partial charge in [-0.25, -0.2) is 9.37 Å². The number of benzene rings is 2. The summed E-state index contributed by atoms with van der Waals surface area (Å²) >= 11 is 11.0. The lowest BCUT2D eigenvalue weighted by molar-refractivity contribution is 0.631. The number of nitrogens with one attached hydrogen (secondary N) is 1. The Bertz CT molecular complexity index is 846. The maximum absolute atomic E-state index is 14.0. The molecule has 0 saturated carbocycles. The van der Waals surface area contributed by atoms with Gasteiger partial charge in [0, 0.05) is 16.1 Å². The molecule has 0 aliphatic carbocycles. The number of aromatic amines is 1. The molecule has 1 N–H and O–H groups in total. The van der Waals surface area contributed by atoms with Crippen LogP contribution in [0.4, 0.5) is 4.39 Å². The van der Waals surface area contributed by atoms with E-state index in [1.54, 1.807) is 18.2 Å². The minimum atomic E-state index is -0.404. The van der Waals surface area contributed by atoms with Crippen LogP contribution in [0.1, 0.15) is 0 Å². The highest BCUT2D eigenvalue weighted by Crippen LogP contribution is 2.25. The topological polar surface area (TPSA) is 28.7 Å². The highest BCUT2D eigenvalue weighted by molar-refractivity contribution is 7.71. The summed E-state index contributed by atoms with van der Waals surface area (Å²) in [6.45, 7) is 0. The molecular weight excluding hydrogens is 307 g/mol. The van der Waals surface area contributed by atoms with Gasteiger partial charge in [0.2, 0.25) is 0 Å². The Hall–Kier alpha value is -2.04. The van der Waals surface area contributed by atoms with Gasteiger partial charge in [0.15, 0.2) is 0 Å². The summed E-state index contributed by atoms with van der Waals surface area (Å²) in [7, 11) is 0. The van der Waals surface area contributed by atoms with Crippen LogP contribution in [0.15, 0.2) is 54.6 Å². The Morgan fingerprint density at radius 2 is 1.81 bits per heavy atom. The molecule has 0 amide bonds. The normalized spacial score (nSPS) is 10.6. The van der Waals surface area contributed by atoms with Gasteiger partial charge in [-0.1, -0.05) is 54.2 Å². The first-order valence-electron chi connectivity index (χ1n) is 6.26. The van der Waals surface area contributed by atoms with Crippen LogP contribution < -0.4 is 0 Å². The fourth-order valence-electron chi connectivity index (χ4n) is 2.04. The van der Waals surface area contributed by atoms with Crippen molar-refractivity contribution < 1.29 is 4.39 Å². The van der Waals surface area contributed by atoms with Gasteiger partial charge in [0.05, 0.1) is 5.69 Å². The smallest absolute Gasteiger partial charge is 0.139 e. The van der Waals surface area contributed by atoms with E-state index in [2.05, 4.69) is 9.97 Å². The van der Waals surface area contributed by atoms with Crippen LogP contribution >= 0.6 is 23.8 Å². The number of rotatable bonds is 2. The lowest BCUT2D eigenvalue weighted by Gasteiger charge is -2.07. The van der Waals surface area contributed by atoms with Crippen LogP contribution in [0.25, 0.3) is 22.6 Å². The predicted octanol–water partition coefficient (Wildman–Crippen LogP) is 5.27. The number of H-pyrrole nitrogens is 1. The van der Waals surface area contributed by atoms with E-state index >= 15 is 0 Å². The molecule has 0 radical (unpaired) electrons. The van der Waals surface area contributed by atoms with Crippen molar-refractivity contribution in [1.82, 2.24) is 9.97 Å². The molecule has 5 heteroatoms. The van der Waals surface area contributed by atoms with Gasteiger partial charge in [0.25, 0.3) is 0 Å². The first-order chi connectivity index (χ1) is 10.1. The molecule has 3 rings (SSSR count). The third-order valence-corrected chi connectivity index (χ3v) is 3.46. The second-order valence-corrected chi connectivity index (χ2v) is 5.33. The van der Waals surface area contributed by atoms with E-state index in [0.717, 1.165) is 5.56 Å². The minimum Gasteiger partial charge on any atom is -0.339 e. The highest BCUT2D eigenvalue weighted by Gasteiger charge is 2.09. The van der Waals surface area contributed by atoms with Crippen molar-refractivity contribution in [2.45, 2.75) is 0 Å². The molecule has 0 unspecified atom stereocenters. The number of halogens is 2. The molecule has 1 heterocycles. The lowest BCUT2D eigenvalue weighted by Crippen LogP contribution is -1.94. The van der Waals surface area contributed by atoms with E-state index in [0.29, 0.717) is 26.7 Å². The van der Waals surface area contributed by atoms with Crippen molar-refractivity contribution in [3.05, 3.63) is 70.1 Å². The molecule has 0 fully saturated rings. The summed E-state index contributed by atoms with van der Waals surface area (Å²) in [5, 5.41) is 0.354. The molecule has 0 atom stereocenters. The zero-order valence-corrected chi connectivity index (χ0v) is 12.4. The molecule has 0 spiro atoms. The number of aromatic nitrogens is 2. The first-order valence-corrected chi connectivity index (χ1v) is 7.04. The number of nitrogens with zero attached hydrogens (tertiary/aromatic N) is 1. The lowest BCUT2D eigenvalue weighted by atomic mass is 10.1. The van der Waals surface area contributed by atoms with Crippen molar-refractivity contribution in [2.24, 2.45) is 0 Å². The van der Waals surface area contributed by atoms with E-state index in [4.69, 9.17) is 23.8 Å². The summed E-state index contributed by atoms with van der Waals surface area (Å²) in [5.41, 5.74) is 1.87. The maximum Gasteiger partial charge on any atom is 0.139 e. The molecule has 3 aromatic rings. The zero-order chi connectivity index (χ0) is 14.8. The maximum atomic E-state index is 14.0. The Kier molecular flexibility index (Phi) is 3.82. The molecule has 0 aliphatic rings. The largest absolute Gasteiger partial charge is 0.339 e. The van der Waals surface area contributed by atoms with E-state index in [1.807, 2.05) is 30.3 Å². The van der Waals surface area contributed by atoms with Crippen molar-refractivity contribution >= 4 is 23.8 Å². The first kappa shape index (κ1) is 13.9. The molecule has 0 saturated heterocycles. The molecule has 2 nitrogen and oxygen atoms in total. The molecule has 0 bridgehead atoms. The Balaban J connectivity index is 2.16. The van der Waals surface area contributed by atoms with Crippen molar-refractivity contribution in [3.8, 4) is 22.6 Å². The Labute approximate surface area is 131 Å². The van der Waals surface area contributed by atoms with E-state index < -0.39 is 5.82 Å². The molecule has 1 aromatic heterocycles. The fraction of sp³-hybridized carbons (Fsp3) is 0. The van der Waals surface area contributed by atoms with E-state index in [-0.39, 0.29) is 0 Å². The van der Waals surface area contributed by atoms with Crippen LogP contribution in [-0.2, 0) is 0 Å². The molecule has 2 aromatic carbocycles. The van der Waals surface area contributed by atoms with Crippen molar-refractivity contribution in [3.63, 3.8) is 0 Å². The van der Waals surface area contributed by atoms with E-state index in [1.165, 1.54) is 6.07 Å². The Morgan fingerprint density at radius 1 is 1.05 bits per heavy atom. The second-order valence-electron chi connectivity index (χ2n) is 4.47. The molecular formula is C16H10ClFN2S. The fourth-order valence-corrected chi connectivity index (χ4v) is 2.41. The quantitative estimate of drug-likeness (QED) is 0.653. The van der Waals surface area contributed by atoms with Gasteiger partial charge in [0.1, 0.15) is 16.3 Å². The Morgan fingerprint density at radius 3 is 2.52 bits per heavy atom. The van der Waals surface area contributed by atoms with Crippen LogP contribution in [0.2, 0.25) is 5.02 Å². The SMILES string of the molecule is Fc1cc(Cl)ccc1-c1cc(=S)nc(-c2ccccc2)[nH]1. The average molecular weight is 317 g/mol. The van der Waals surface area contributed by atoms with Gasteiger partial charge in [-0.05, 0) is 24.3 Å². The van der Waals surface area contributed by atoms with Crippen LogP contribution in [0.5, 0.6) is 0 Å². The number of hydrogen-bond acceptors (Lipinski definition) is 2. The standard InChI is InChI=1S/C16H10ClFN2S/c17-11-6-7-12(13(18)8-11)14-9-15(21)20-16(19-14)10-4-2-1-3-5-10/h1-9H,(H,19,20,21). The van der Waals surface area contributed by atoms with E-state index in [9.17, 15) is 4.39 Å². The highest BCUT2D eigenvalue weighted by atomic mass is 35.5. The van der Waals surface area contributed by atoms with Crippen molar-refractivity contribution in [2.75, 3.05) is 0 Å². The third kappa shape index (κ3) is 3.01. The predicted molar refractivity (Wildman–Crippen MR) is 85.3 cm³/mol. The summed E-state index contributed by atoms with van der Waals surface area (Å²) in [6.07, 6.45) is 0. The van der Waals surface area contributed by atoms with Gasteiger partial charge in [-0.2, -0.15) is 0 Å². The van der Waals surface area contributed by atoms with Crippen LogP contribution in [-0.4, -0.2) is 9.97 Å². The van der Waals surface area contributed by atoms with Crippen molar-refractivity contribution in [1.29, 1.82) is 0 Å². The van der Waals surface area contributed by atoms with Gasteiger partial charge < -0.3 is 4.98 Å². The van der Waals surface area contributed by atoms with Crippen LogP contribution in [0.3, 0.4) is 0 Å². The summed E-state index contributed by atoms with van der Waals surface area (Å²) in [6, 6.07) is 15.7. The molecule has 0 aliphatic heterocycles. The number of hydrogen-bond donors (Lipinski definition) is 1. The van der Waals surface area contributed by atoms with Gasteiger partial charge in [-0.3, -0.25) is 0 Å².